The zero-order valence-corrected chi connectivity index (χ0v) is 18.4. The highest BCUT2D eigenvalue weighted by Gasteiger charge is 2.36. The van der Waals surface area contributed by atoms with Crippen LogP contribution in [0.2, 0.25) is 0 Å². The van der Waals surface area contributed by atoms with Gasteiger partial charge in [0.15, 0.2) is 11.5 Å². The van der Waals surface area contributed by atoms with Crippen LogP contribution in [0, 0.1) is 6.92 Å². The van der Waals surface area contributed by atoms with Gasteiger partial charge in [-0.1, -0.05) is 0 Å². The molecule has 32 heavy (non-hydrogen) atoms. The van der Waals surface area contributed by atoms with E-state index >= 15 is 0 Å². The fraction of sp³-hybridized carbons (Fsp3) is 0.500. The molecule has 0 bridgehead atoms. The van der Waals surface area contributed by atoms with Gasteiger partial charge in [0.25, 0.3) is 11.8 Å². The second kappa shape index (κ2) is 8.76. The molecular weight excluding hydrogens is 408 g/mol. The molecule has 2 amide bonds. The number of benzene rings is 1. The molecule has 1 aromatic heterocycles. The zero-order chi connectivity index (χ0) is 22.1. The highest BCUT2D eigenvalue weighted by atomic mass is 16.6. The molecule has 0 radical (unpaired) electrons. The van der Waals surface area contributed by atoms with Crippen LogP contribution in [0.3, 0.4) is 0 Å². The summed E-state index contributed by atoms with van der Waals surface area (Å²) in [4.78, 5) is 39.5. The number of hydrogen-bond donors (Lipinski definition) is 0. The molecule has 2 aromatic rings. The van der Waals surface area contributed by atoms with E-state index in [2.05, 4.69) is 9.97 Å². The Kier molecular flexibility index (Phi) is 5.68. The number of piperidine rings is 1. The Balaban J connectivity index is 1.45. The van der Waals surface area contributed by atoms with Crippen molar-refractivity contribution in [3.63, 3.8) is 0 Å². The summed E-state index contributed by atoms with van der Waals surface area (Å²) in [6.45, 7) is 4.95. The number of rotatable bonds is 3. The molecular formula is C24H28N4O4. The molecule has 8 heteroatoms. The van der Waals surface area contributed by atoms with Crippen LogP contribution < -0.4 is 9.47 Å². The molecule has 8 nitrogen and oxygen atoms in total. The highest BCUT2D eigenvalue weighted by molar-refractivity contribution is 5.97. The molecule has 0 saturated carbocycles. The van der Waals surface area contributed by atoms with Crippen molar-refractivity contribution < 1.29 is 19.1 Å². The van der Waals surface area contributed by atoms with E-state index < -0.39 is 0 Å². The molecule has 2 fully saturated rings. The molecule has 3 aliphatic heterocycles. The van der Waals surface area contributed by atoms with Gasteiger partial charge in [-0.3, -0.25) is 9.59 Å². The molecule has 0 N–H and O–H groups in total. The molecule has 4 heterocycles. The molecule has 0 spiro atoms. The Bertz CT molecular complexity index is 1030. The van der Waals surface area contributed by atoms with Crippen molar-refractivity contribution in [2.24, 2.45) is 0 Å². The average molecular weight is 437 g/mol. The van der Waals surface area contributed by atoms with Gasteiger partial charge in [-0.05, 0) is 57.2 Å². The van der Waals surface area contributed by atoms with E-state index in [-0.39, 0.29) is 17.9 Å². The quantitative estimate of drug-likeness (QED) is 0.735. The fourth-order valence-corrected chi connectivity index (χ4v) is 4.81. The number of amides is 2. The Hall–Kier alpha value is -3.16. The summed E-state index contributed by atoms with van der Waals surface area (Å²) in [7, 11) is 0. The second-order valence-electron chi connectivity index (χ2n) is 8.58. The van der Waals surface area contributed by atoms with Crippen molar-refractivity contribution in [1.82, 2.24) is 19.8 Å². The monoisotopic (exact) mass is 436 g/mol. The van der Waals surface area contributed by atoms with Gasteiger partial charge in [-0.2, -0.15) is 0 Å². The van der Waals surface area contributed by atoms with Crippen LogP contribution in [0.15, 0.2) is 24.4 Å². The van der Waals surface area contributed by atoms with Gasteiger partial charge in [0.05, 0.1) is 17.3 Å². The topological polar surface area (TPSA) is 84.9 Å². The zero-order valence-electron chi connectivity index (χ0n) is 18.4. The first kappa shape index (κ1) is 20.7. The largest absolute Gasteiger partial charge is 0.486 e. The fourth-order valence-electron chi connectivity index (χ4n) is 4.81. The number of aryl methyl sites for hydroxylation is 1. The minimum atomic E-state index is -0.249. The number of carbonyl (C=O) groups is 2. The van der Waals surface area contributed by atoms with Crippen molar-refractivity contribution >= 4 is 11.8 Å². The summed E-state index contributed by atoms with van der Waals surface area (Å²) in [6.07, 6.45) is 6.47. The van der Waals surface area contributed by atoms with E-state index in [1.165, 1.54) is 0 Å². The van der Waals surface area contributed by atoms with Crippen molar-refractivity contribution in [2.45, 2.75) is 45.1 Å². The molecule has 1 atom stereocenters. The van der Waals surface area contributed by atoms with Crippen molar-refractivity contribution in [3.05, 3.63) is 47.0 Å². The van der Waals surface area contributed by atoms with Gasteiger partial charge in [0, 0.05) is 31.4 Å². The van der Waals surface area contributed by atoms with Crippen LogP contribution in [0.4, 0.5) is 0 Å². The number of ether oxygens (including phenoxy) is 2. The SMILES string of the molecule is Cc1ncc(C(=O)N2CCCCC2)c(C2CCCN2C(=O)c2ccc3c(c2)OCCO3)n1. The summed E-state index contributed by atoms with van der Waals surface area (Å²) in [5.41, 5.74) is 1.73. The van der Waals surface area contributed by atoms with Crippen LogP contribution in [-0.2, 0) is 0 Å². The third-order valence-electron chi connectivity index (χ3n) is 6.43. The van der Waals surface area contributed by atoms with Crippen LogP contribution in [0.25, 0.3) is 0 Å². The van der Waals surface area contributed by atoms with Gasteiger partial charge < -0.3 is 19.3 Å². The number of fused-ring (bicyclic) bond motifs is 1. The Morgan fingerprint density at radius 3 is 2.56 bits per heavy atom. The Morgan fingerprint density at radius 1 is 0.969 bits per heavy atom. The average Bonchev–Trinajstić information content (AvgIpc) is 3.33. The lowest BCUT2D eigenvalue weighted by molar-refractivity contribution is 0.0695. The number of aromatic nitrogens is 2. The molecule has 5 rings (SSSR count). The molecule has 168 valence electrons. The summed E-state index contributed by atoms with van der Waals surface area (Å²) in [5, 5.41) is 0. The Morgan fingerprint density at radius 2 is 1.75 bits per heavy atom. The van der Waals surface area contributed by atoms with Crippen molar-refractivity contribution in [1.29, 1.82) is 0 Å². The van der Waals surface area contributed by atoms with Gasteiger partial charge >= 0.3 is 0 Å². The third kappa shape index (κ3) is 3.89. The highest BCUT2D eigenvalue weighted by Crippen LogP contribution is 2.36. The number of hydrogen-bond acceptors (Lipinski definition) is 6. The molecule has 3 aliphatic rings. The van der Waals surface area contributed by atoms with Crippen molar-refractivity contribution in [3.8, 4) is 11.5 Å². The van der Waals surface area contributed by atoms with Gasteiger partial charge in [0.1, 0.15) is 19.0 Å². The maximum absolute atomic E-state index is 13.5. The van der Waals surface area contributed by atoms with E-state index in [1.807, 2.05) is 16.7 Å². The number of likely N-dealkylation sites (tertiary alicyclic amines) is 2. The second-order valence-corrected chi connectivity index (χ2v) is 8.58. The number of carbonyl (C=O) groups excluding carboxylic acids is 2. The minimum absolute atomic E-state index is 0.0293. The maximum atomic E-state index is 13.5. The lowest BCUT2D eigenvalue weighted by atomic mass is 10.0. The molecule has 1 aromatic carbocycles. The first-order valence-electron chi connectivity index (χ1n) is 11.5. The van der Waals surface area contributed by atoms with Crippen LogP contribution in [0.5, 0.6) is 11.5 Å². The van der Waals surface area contributed by atoms with Crippen LogP contribution in [0.1, 0.15) is 70.4 Å². The first-order chi connectivity index (χ1) is 15.6. The maximum Gasteiger partial charge on any atom is 0.257 e. The smallest absolute Gasteiger partial charge is 0.257 e. The summed E-state index contributed by atoms with van der Waals surface area (Å²) in [5.74, 6) is 1.74. The van der Waals surface area contributed by atoms with E-state index in [0.29, 0.717) is 53.9 Å². The van der Waals surface area contributed by atoms with Crippen molar-refractivity contribution in [2.75, 3.05) is 32.8 Å². The third-order valence-corrected chi connectivity index (χ3v) is 6.43. The summed E-state index contributed by atoms with van der Waals surface area (Å²) in [6, 6.07) is 5.06. The minimum Gasteiger partial charge on any atom is -0.486 e. The number of nitrogens with zero attached hydrogens (tertiary/aromatic N) is 4. The predicted octanol–water partition coefficient (Wildman–Crippen LogP) is 3.16. The van der Waals surface area contributed by atoms with Gasteiger partial charge in [0.2, 0.25) is 0 Å². The first-order valence-corrected chi connectivity index (χ1v) is 11.5. The van der Waals surface area contributed by atoms with E-state index in [0.717, 1.165) is 45.2 Å². The predicted molar refractivity (Wildman–Crippen MR) is 117 cm³/mol. The van der Waals surface area contributed by atoms with Gasteiger partial charge in [-0.25, -0.2) is 9.97 Å². The van der Waals surface area contributed by atoms with Gasteiger partial charge in [-0.15, -0.1) is 0 Å². The lowest BCUT2D eigenvalue weighted by Crippen LogP contribution is -2.38. The van der Waals surface area contributed by atoms with Crippen LogP contribution >= 0.6 is 0 Å². The normalized spacial score (nSPS) is 20.3. The summed E-state index contributed by atoms with van der Waals surface area (Å²) >= 11 is 0. The standard InChI is InChI=1S/C24H28N4O4/c1-16-25-15-18(24(30)27-9-3-2-4-10-27)22(26-16)19-6-5-11-28(19)23(29)17-7-8-20-21(14-17)32-13-12-31-20/h7-8,14-15,19H,2-6,9-13H2,1H3. The molecule has 2 saturated heterocycles. The van der Waals surface area contributed by atoms with E-state index in [9.17, 15) is 9.59 Å². The van der Waals surface area contributed by atoms with E-state index in [1.54, 1.807) is 24.4 Å². The Labute approximate surface area is 187 Å². The van der Waals surface area contributed by atoms with Crippen LogP contribution in [-0.4, -0.2) is 64.4 Å². The molecule has 0 aliphatic carbocycles. The molecule has 1 unspecified atom stereocenters. The lowest BCUT2D eigenvalue weighted by Gasteiger charge is -2.30. The van der Waals surface area contributed by atoms with E-state index in [4.69, 9.17) is 9.47 Å². The summed E-state index contributed by atoms with van der Waals surface area (Å²) < 4.78 is 11.2.